The van der Waals surface area contributed by atoms with Gasteiger partial charge < -0.3 is 10.6 Å². The minimum absolute atomic E-state index is 0.0739. The maximum Gasteiger partial charge on any atom is 0.213 e. The van der Waals surface area contributed by atoms with Crippen LogP contribution < -0.4 is 15.4 Å². The molecule has 2 rings (SSSR count). The molecule has 0 bridgehead atoms. The van der Waals surface area contributed by atoms with Crippen molar-refractivity contribution >= 4 is 16.0 Å². The second-order valence-corrected chi connectivity index (χ2v) is 9.41. The van der Waals surface area contributed by atoms with Crippen molar-refractivity contribution in [2.75, 3.05) is 45.5 Å². The first-order valence-electron chi connectivity index (χ1n) is 10.2. The Labute approximate surface area is 159 Å². The summed E-state index contributed by atoms with van der Waals surface area (Å²) in [5.74, 6) is 1.28. The maximum absolute atomic E-state index is 12.0. The van der Waals surface area contributed by atoms with Crippen LogP contribution in [0.4, 0.5) is 0 Å². The normalized spacial score (nSPS) is 22.8. The van der Waals surface area contributed by atoms with Crippen LogP contribution in [0.15, 0.2) is 4.99 Å². The van der Waals surface area contributed by atoms with Crippen LogP contribution in [-0.2, 0) is 10.0 Å². The molecule has 1 aliphatic heterocycles. The maximum atomic E-state index is 12.0. The standard InChI is InChI=1S/C18H37N5O2S/c1-3-17-9-4-5-12-23(17)13-10-20-18(19-2)21-11-14-26(24,25)22-15-16-7-6-8-16/h16-17,22H,3-15H2,1-2H3,(H2,19,20,21). The molecule has 8 heteroatoms. The minimum Gasteiger partial charge on any atom is -0.355 e. The van der Waals surface area contributed by atoms with Crippen LogP contribution in [0, 0.1) is 5.92 Å². The van der Waals surface area contributed by atoms with Gasteiger partial charge in [-0.25, -0.2) is 13.1 Å². The number of hydrogen-bond acceptors (Lipinski definition) is 4. The number of likely N-dealkylation sites (tertiary alicyclic amines) is 1. The van der Waals surface area contributed by atoms with Crippen LogP contribution in [0.2, 0.25) is 0 Å². The smallest absolute Gasteiger partial charge is 0.213 e. The molecule has 0 aromatic heterocycles. The quantitative estimate of drug-likeness (QED) is 0.387. The number of aliphatic imine (C=N–C) groups is 1. The lowest BCUT2D eigenvalue weighted by Gasteiger charge is -2.35. The Kier molecular flexibility index (Phi) is 9.15. The number of hydrogen-bond donors (Lipinski definition) is 3. The van der Waals surface area contributed by atoms with Crippen molar-refractivity contribution in [3.05, 3.63) is 0 Å². The molecule has 0 amide bonds. The fourth-order valence-electron chi connectivity index (χ4n) is 3.67. The van der Waals surface area contributed by atoms with E-state index >= 15 is 0 Å². The third-order valence-corrected chi connectivity index (χ3v) is 6.96. The van der Waals surface area contributed by atoms with Gasteiger partial charge in [0.15, 0.2) is 5.96 Å². The average Bonchev–Trinajstić information content (AvgIpc) is 2.59. The van der Waals surface area contributed by atoms with Crippen molar-refractivity contribution in [1.29, 1.82) is 0 Å². The molecule has 0 radical (unpaired) electrons. The van der Waals surface area contributed by atoms with Crippen LogP contribution in [-0.4, -0.2) is 70.8 Å². The molecule has 0 spiro atoms. The largest absolute Gasteiger partial charge is 0.355 e. The fraction of sp³-hybridized carbons (Fsp3) is 0.944. The third kappa shape index (κ3) is 7.40. The number of nitrogens with one attached hydrogen (secondary N) is 3. The van der Waals surface area contributed by atoms with Crippen molar-refractivity contribution in [2.45, 2.75) is 57.9 Å². The first-order valence-corrected chi connectivity index (χ1v) is 11.8. The topological polar surface area (TPSA) is 85.8 Å². The second-order valence-electron chi connectivity index (χ2n) is 7.48. The molecule has 1 aliphatic carbocycles. The summed E-state index contributed by atoms with van der Waals surface area (Å²) in [6.45, 7) is 6.21. The van der Waals surface area contributed by atoms with Crippen molar-refractivity contribution in [1.82, 2.24) is 20.3 Å². The van der Waals surface area contributed by atoms with Crippen molar-refractivity contribution in [2.24, 2.45) is 10.9 Å². The predicted octanol–water partition coefficient (Wildman–Crippen LogP) is 1.14. The monoisotopic (exact) mass is 387 g/mol. The van der Waals surface area contributed by atoms with E-state index in [1.165, 1.54) is 38.6 Å². The van der Waals surface area contributed by atoms with Crippen LogP contribution in [0.25, 0.3) is 0 Å². The van der Waals surface area contributed by atoms with E-state index in [2.05, 4.69) is 32.2 Å². The Morgan fingerprint density at radius 1 is 1.12 bits per heavy atom. The molecule has 7 nitrogen and oxygen atoms in total. The Morgan fingerprint density at radius 2 is 1.88 bits per heavy atom. The van der Waals surface area contributed by atoms with Gasteiger partial charge in [-0.2, -0.15) is 0 Å². The molecule has 1 saturated heterocycles. The molecule has 1 heterocycles. The molecule has 0 aromatic rings. The molecule has 3 N–H and O–H groups in total. The van der Waals surface area contributed by atoms with Gasteiger partial charge in [0.1, 0.15) is 0 Å². The summed E-state index contributed by atoms with van der Waals surface area (Å²) >= 11 is 0. The summed E-state index contributed by atoms with van der Waals surface area (Å²) < 4.78 is 26.7. The number of piperidine rings is 1. The summed E-state index contributed by atoms with van der Waals surface area (Å²) in [5.41, 5.74) is 0. The van der Waals surface area contributed by atoms with Gasteiger partial charge >= 0.3 is 0 Å². The Balaban J connectivity index is 1.61. The number of guanidine groups is 1. The van der Waals surface area contributed by atoms with Crippen LogP contribution in [0.1, 0.15) is 51.9 Å². The summed E-state index contributed by atoms with van der Waals surface area (Å²) in [6.07, 6.45) is 8.66. The van der Waals surface area contributed by atoms with Crippen molar-refractivity contribution in [3.63, 3.8) is 0 Å². The van der Waals surface area contributed by atoms with E-state index in [1.807, 2.05) is 0 Å². The lowest BCUT2D eigenvalue weighted by molar-refractivity contribution is 0.147. The number of sulfonamides is 1. The Hall–Kier alpha value is -0.860. The van der Waals surface area contributed by atoms with Gasteiger partial charge in [0.25, 0.3) is 0 Å². The molecule has 26 heavy (non-hydrogen) atoms. The lowest BCUT2D eigenvalue weighted by Crippen LogP contribution is -2.46. The minimum atomic E-state index is -3.21. The van der Waals surface area contributed by atoms with Gasteiger partial charge in [-0.15, -0.1) is 0 Å². The van der Waals surface area contributed by atoms with Crippen molar-refractivity contribution < 1.29 is 8.42 Å². The first kappa shape index (κ1) is 21.4. The molecule has 1 saturated carbocycles. The Morgan fingerprint density at radius 3 is 2.54 bits per heavy atom. The highest BCUT2D eigenvalue weighted by Gasteiger charge is 2.21. The van der Waals surface area contributed by atoms with Gasteiger partial charge in [-0.05, 0) is 44.6 Å². The molecule has 0 aromatic carbocycles. The van der Waals surface area contributed by atoms with Crippen LogP contribution >= 0.6 is 0 Å². The molecule has 1 atom stereocenters. The third-order valence-electron chi connectivity index (χ3n) is 5.62. The summed E-state index contributed by atoms with van der Waals surface area (Å²) in [6, 6.07) is 0.701. The lowest BCUT2D eigenvalue weighted by atomic mass is 9.86. The first-order chi connectivity index (χ1) is 12.5. The highest BCUT2D eigenvalue weighted by atomic mass is 32.2. The van der Waals surface area contributed by atoms with E-state index in [0.717, 1.165) is 25.9 Å². The van der Waals surface area contributed by atoms with Gasteiger partial charge in [0, 0.05) is 39.3 Å². The predicted molar refractivity (Wildman–Crippen MR) is 108 cm³/mol. The van der Waals surface area contributed by atoms with Gasteiger partial charge in [-0.1, -0.05) is 19.8 Å². The van der Waals surface area contributed by atoms with Gasteiger partial charge in [0.05, 0.1) is 5.75 Å². The van der Waals surface area contributed by atoms with E-state index in [-0.39, 0.29) is 5.75 Å². The molecule has 2 aliphatic rings. The van der Waals surface area contributed by atoms with E-state index in [1.54, 1.807) is 7.05 Å². The van der Waals surface area contributed by atoms with E-state index < -0.39 is 10.0 Å². The summed E-state index contributed by atoms with van der Waals surface area (Å²) in [7, 11) is -1.49. The number of rotatable bonds is 10. The SMILES string of the molecule is CCC1CCCCN1CCNC(=NC)NCCS(=O)(=O)NCC1CCC1. The van der Waals surface area contributed by atoms with Crippen LogP contribution in [0.5, 0.6) is 0 Å². The van der Waals surface area contributed by atoms with Gasteiger partial charge in [-0.3, -0.25) is 9.89 Å². The molecule has 152 valence electrons. The zero-order chi connectivity index (χ0) is 18.8. The Bertz CT molecular complexity index is 534. The van der Waals surface area contributed by atoms with E-state index in [0.29, 0.717) is 31.0 Å². The van der Waals surface area contributed by atoms with Gasteiger partial charge in [0.2, 0.25) is 10.0 Å². The molecule has 2 fully saturated rings. The number of nitrogens with zero attached hydrogens (tertiary/aromatic N) is 2. The highest BCUT2D eigenvalue weighted by Crippen LogP contribution is 2.25. The fourth-order valence-corrected chi connectivity index (χ4v) is 4.68. The second kappa shape index (κ2) is 11.1. The molecular formula is C18H37N5O2S. The zero-order valence-electron chi connectivity index (χ0n) is 16.5. The van der Waals surface area contributed by atoms with E-state index in [4.69, 9.17) is 0 Å². The average molecular weight is 388 g/mol. The molecule has 1 unspecified atom stereocenters. The highest BCUT2D eigenvalue weighted by molar-refractivity contribution is 7.89. The summed E-state index contributed by atoms with van der Waals surface area (Å²) in [4.78, 5) is 6.74. The van der Waals surface area contributed by atoms with Crippen LogP contribution in [0.3, 0.4) is 0 Å². The molecular weight excluding hydrogens is 350 g/mol. The van der Waals surface area contributed by atoms with Crippen molar-refractivity contribution in [3.8, 4) is 0 Å². The zero-order valence-corrected chi connectivity index (χ0v) is 17.3. The summed E-state index contributed by atoms with van der Waals surface area (Å²) in [5, 5.41) is 6.40. The van der Waals surface area contributed by atoms with E-state index in [9.17, 15) is 8.42 Å².